The second-order valence-corrected chi connectivity index (χ2v) is 5.92. The fourth-order valence-corrected chi connectivity index (χ4v) is 2.81. The van der Waals surface area contributed by atoms with Crippen molar-refractivity contribution in [1.29, 1.82) is 5.26 Å². The second-order valence-electron chi connectivity index (χ2n) is 5.01. The molecule has 1 aromatic rings. The lowest BCUT2D eigenvalue weighted by molar-refractivity contribution is 0.193. The normalized spacial score (nSPS) is 18.0. The molecule has 96 valence electrons. The number of benzene rings is 1. The van der Waals surface area contributed by atoms with Gasteiger partial charge in [-0.05, 0) is 37.1 Å². The molecule has 1 fully saturated rings. The topological polar surface area (TPSA) is 33.0 Å². The minimum atomic E-state index is -0.131. The SMILES string of the molecule is N#CC1(CCOc2ccc(Br)cc2)CCCCC1. The van der Waals surface area contributed by atoms with E-state index >= 15 is 0 Å². The summed E-state index contributed by atoms with van der Waals surface area (Å²) in [6.07, 6.45) is 6.56. The average Bonchev–Trinajstić information content (AvgIpc) is 2.42. The van der Waals surface area contributed by atoms with E-state index in [2.05, 4.69) is 22.0 Å². The molecule has 0 bridgehead atoms. The van der Waals surface area contributed by atoms with Gasteiger partial charge in [-0.2, -0.15) is 5.26 Å². The predicted octanol–water partition coefficient (Wildman–Crippen LogP) is 4.69. The van der Waals surface area contributed by atoms with Gasteiger partial charge in [-0.25, -0.2) is 0 Å². The maximum absolute atomic E-state index is 9.36. The Kier molecular flexibility index (Phi) is 4.66. The van der Waals surface area contributed by atoms with E-state index in [-0.39, 0.29) is 5.41 Å². The van der Waals surface area contributed by atoms with Crippen molar-refractivity contribution in [2.24, 2.45) is 5.41 Å². The predicted molar refractivity (Wildman–Crippen MR) is 75.4 cm³/mol. The maximum Gasteiger partial charge on any atom is 0.119 e. The number of ether oxygens (including phenoxy) is 1. The van der Waals surface area contributed by atoms with Crippen molar-refractivity contribution in [3.63, 3.8) is 0 Å². The first-order valence-electron chi connectivity index (χ1n) is 6.54. The van der Waals surface area contributed by atoms with E-state index in [1.807, 2.05) is 24.3 Å². The maximum atomic E-state index is 9.36. The Morgan fingerprint density at radius 2 is 1.83 bits per heavy atom. The van der Waals surface area contributed by atoms with Gasteiger partial charge in [0.15, 0.2) is 0 Å². The first kappa shape index (κ1) is 13.4. The highest BCUT2D eigenvalue weighted by Gasteiger charge is 2.31. The molecule has 2 rings (SSSR count). The van der Waals surface area contributed by atoms with Crippen molar-refractivity contribution in [3.8, 4) is 11.8 Å². The van der Waals surface area contributed by atoms with E-state index in [9.17, 15) is 5.26 Å². The lowest BCUT2D eigenvalue weighted by atomic mass is 9.73. The van der Waals surface area contributed by atoms with Crippen molar-refractivity contribution < 1.29 is 4.74 Å². The second kappa shape index (κ2) is 6.24. The third kappa shape index (κ3) is 3.49. The van der Waals surface area contributed by atoms with Crippen LogP contribution in [0.1, 0.15) is 38.5 Å². The molecule has 0 radical (unpaired) electrons. The zero-order valence-electron chi connectivity index (χ0n) is 10.5. The van der Waals surface area contributed by atoms with Crippen LogP contribution in [0.3, 0.4) is 0 Å². The fraction of sp³-hybridized carbons (Fsp3) is 0.533. The summed E-state index contributed by atoms with van der Waals surface area (Å²) in [5.41, 5.74) is -0.131. The Morgan fingerprint density at radius 3 is 2.44 bits per heavy atom. The molecule has 18 heavy (non-hydrogen) atoms. The van der Waals surface area contributed by atoms with Crippen LogP contribution >= 0.6 is 15.9 Å². The van der Waals surface area contributed by atoms with E-state index in [4.69, 9.17) is 4.74 Å². The van der Waals surface area contributed by atoms with Gasteiger partial charge in [0.2, 0.25) is 0 Å². The number of halogens is 1. The molecule has 1 aromatic carbocycles. The number of hydrogen-bond acceptors (Lipinski definition) is 2. The highest BCUT2D eigenvalue weighted by Crippen LogP contribution is 2.38. The molecule has 0 aliphatic heterocycles. The van der Waals surface area contributed by atoms with Crippen molar-refractivity contribution in [1.82, 2.24) is 0 Å². The fourth-order valence-electron chi connectivity index (χ4n) is 2.54. The largest absolute Gasteiger partial charge is 0.494 e. The molecule has 0 heterocycles. The molecule has 0 amide bonds. The summed E-state index contributed by atoms with van der Waals surface area (Å²) in [4.78, 5) is 0. The third-order valence-electron chi connectivity index (χ3n) is 3.71. The van der Waals surface area contributed by atoms with Gasteiger partial charge >= 0.3 is 0 Å². The lowest BCUT2D eigenvalue weighted by Gasteiger charge is -2.30. The summed E-state index contributed by atoms with van der Waals surface area (Å²) < 4.78 is 6.77. The number of nitriles is 1. The van der Waals surface area contributed by atoms with Gasteiger partial charge in [0.1, 0.15) is 5.75 Å². The Balaban J connectivity index is 1.84. The highest BCUT2D eigenvalue weighted by molar-refractivity contribution is 9.10. The van der Waals surface area contributed by atoms with Crippen LogP contribution in [0.2, 0.25) is 0 Å². The van der Waals surface area contributed by atoms with E-state index < -0.39 is 0 Å². The lowest BCUT2D eigenvalue weighted by Crippen LogP contribution is -2.24. The average molecular weight is 308 g/mol. The number of hydrogen-bond donors (Lipinski definition) is 0. The molecule has 1 aliphatic carbocycles. The smallest absolute Gasteiger partial charge is 0.119 e. The molecule has 1 aliphatic rings. The van der Waals surface area contributed by atoms with Crippen molar-refractivity contribution in [3.05, 3.63) is 28.7 Å². The van der Waals surface area contributed by atoms with Gasteiger partial charge < -0.3 is 4.74 Å². The molecule has 0 spiro atoms. The van der Waals surface area contributed by atoms with Crippen molar-refractivity contribution >= 4 is 15.9 Å². The molecule has 0 atom stereocenters. The van der Waals surface area contributed by atoms with Gasteiger partial charge in [0, 0.05) is 10.9 Å². The summed E-state index contributed by atoms with van der Waals surface area (Å²) in [6.45, 7) is 0.634. The van der Waals surface area contributed by atoms with Crippen LogP contribution < -0.4 is 4.74 Å². The zero-order valence-corrected chi connectivity index (χ0v) is 12.1. The van der Waals surface area contributed by atoms with E-state index in [1.165, 1.54) is 19.3 Å². The van der Waals surface area contributed by atoms with Gasteiger partial charge in [0.05, 0.1) is 18.1 Å². The molecule has 0 N–H and O–H groups in total. The molecular formula is C15H18BrNO. The van der Waals surface area contributed by atoms with Crippen LogP contribution in [-0.4, -0.2) is 6.61 Å². The number of nitrogens with zero attached hydrogens (tertiary/aromatic N) is 1. The van der Waals surface area contributed by atoms with E-state index in [0.717, 1.165) is 29.5 Å². The first-order chi connectivity index (χ1) is 8.74. The van der Waals surface area contributed by atoms with Gasteiger partial charge in [-0.15, -0.1) is 0 Å². The summed E-state index contributed by atoms with van der Waals surface area (Å²) >= 11 is 3.40. The monoisotopic (exact) mass is 307 g/mol. The van der Waals surface area contributed by atoms with Crippen LogP contribution in [0.5, 0.6) is 5.75 Å². The summed E-state index contributed by atoms with van der Waals surface area (Å²) in [5, 5.41) is 9.36. The van der Waals surface area contributed by atoms with Crippen LogP contribution in [0.15, 0.2) is 28.7 Å². The quantitative estimate of drug-likeness (QED) is 0.808. The summed E-state index contributed by atoms with van der Waals surface area (Å²) in [5.74, 6) is 0.877. The summed E-state index contributed by atoms with van der Waals surface area (Å²) in [6, 6.07) is 10.4. The zero-order chi connectivity index (χ0) is 12.8. The van der Waals surface area contributed by atoms with Crippen LogP contribution in [-0.2, 0) is 0 Å². The Hall–Kier alpha value is -1.01. The van der Waals surface area contributed by atoms with Crippen molar-refractivity contribution in [2.45, 2.75) is 38.5 Å². The van der Waals surface area contributed by atoms with Gasteiger partial charge in [0.25, 0.3) is 0 Å². The Bertz CT molecular complexity index is 415. The van der Waals surface area contributed by atoms with Gasteiger partial charge in [-0.1, -0.05) is 35.2 Å². The minimum Gasteiger partial charge on any atom is -0.494 e. The van der Waals surface area contributed by atoms with E-state index in [1.54, 1.807) is 0 Å². The van der Waals surface area contributed by atoms with Gasteiger partial charge in [-0.3, -0.25) is 0 Å². The molecule has 2 nitrogen and oxygen atoms in total. The highest BCUT2D eigenvalue weighted by atomic mass is 79.9. The Labute approximate surface area is 117 Å². The summed E-state index contributed by atoms with van der Waals surface area (Å²) in [7, 11) is 0. The molecular weight excluding hydrogens is 290 g/mol. The first-order valence-corrected chi connectivity index (χ1v) is 7.33. The molecule has 1 saturated carbocycles. The van der Waals surface area contributed by atoms with Crippen LogP contribution in [0.25, 0.3) is 0 Å². The molecule has 3 heteroatoms. The third-order valence-corrected chi connectivity index (χ3v) is 4.24. The standard InChI is InChI=1S/C15H18BrNO/c16-13-4-6-14(7-5-13)18-11-10-15(12-17)8-2-1-3-9-15/h4-7H,1-3,8-11H2. The number of rotatable bonds is 4. The molecule has 0 unspecified atom stereocenters. The molecule has 0 saturated heterocycles. The molecule has 0 aromatic heterocycles. The van der Waals surface area contributed by atoms with Crippen molar-refractivity contribution in [2.75, 3.05) is 6.61 Å². The Morgan fingerprint density at radius 1 is 1.17 bits per heavy atom. The van der Waals surface area contributed by atoms with Crippen LogP contribution in [0.4, 0.5) is 0 Å². The van der Waals surface area contributed by atoms with Crippen LogP contribution in [0, 0.1) is 16.7 Å². The minimum absolute atomic E-state index is 0.131. The van der Waals surface area contributed by atoms with E-state index in [0.29, 0.717) is 6.61 Å².